The van der Waals surface area contributed by atoms with E-state index in [0.29, 0.717) is 31.3 Å². The van der Waals surface area contributed by atoms with E-state index in [-0.39, 0.29) is 11.9 Å². The highest BCUT2D eigenvalue weighted by Gasteiger charge is 2.18. The summed E-state index contributed by atoms with van der Waals surface area (Å²) >= 11 is 0. The zero-order valence-electron chi connectivity index (χ0n) is 19.4. The van der Waals surface area contributed by atoms with E-state index in [0.717, 1.165) is 35.2 Å². The Morgan fingerprint density at radius 1 is 0.886 bits per heavy atom. The maximum Gasteiger partial charge on any atom is 0.237 e. The van der Waals surface area contributed by atoms with Crippen molar-refractivity contribution in [2.24, 2.45) is 0 Å². The molecule has 1 aromatic heterocycles. The number of anilines is 2. The van der Waals surface area contributed by atoms with Gasteiger partial charge in [-0.1, -0.05) is 60.7 Å². The summed E-state index contributed by atoms with van der Waals surface area (Å²) in [5.74, 6) is 1.14. The number of nitrogens with one attached hydrogen (secondary N) is 3. The number of nitrogens with zero attached hydrogens (tertiary/aromatic N) is 3. The van der Waals surface area contributed by atoms with Crippen molar-refractivity contribution in [3.63, 3.8) is 0 Å². The van der Waals surface area contributed by atoms with Gasteiger partial charge in [0, 0.05) is 24.3 Å². The van der Waals surface area contributed by atoms with Crippen LogP contribution in [-0.4, -0.2) is 33.4 Å². The van der Waals surface area contributed by atoms with Crippen molar-refractivity contribution in [1.82, 2.24) is 25.6 Å². The lowest BCUT2D eigenvalue weighted by Gasteiger charge is -2.19. The topological polar surface area (TPSA) is 91.8 Å². The first-order valence-electron chi connectivity index (χ1n) is 11.9. The highest BCUT2D eigenvalue weighted by molar-refractivity contribution is 5.82. The quantitative estimate of drug-likeness (QED) is 0.415. The molecule has 7 nitrogen and oxygen atoms in total. The van der Waals surface area contributed by atoms with Gasteiger partial charge in [0.15, 0.2) is 5.82 Å². The van der Waals surface area contributed by atoms with E-state index in [1.54, 1.807) is 0 Å². The molecule has 7 heteroatoms. The molecule has 1 aliphatic heterocycles. The molecular weight excluding hydrogens is 436 g/mol. The highest BCUT2D eigenvalue weighted by atomic mass is 16.2. The summed E-state index contributed by atoms with van der Waals surface area (Å²) in [6.07, 6.45) is 3.86. The predicted octanol–water partition coefficient (Wildman–Crippen LogP) is 4.05. The van der Waals surface area contributed by atoms with Gasteiger partial charge in [-0.2, -0.15) is 4.98 Å². The summed E-state index contributed by atoms with van der Waals surface area (Å²) in [5, 5.41) is 9.88. The van der Waals surface area contributed by atoms with E-state index >= 15 is 0 Å². The number of benzene rings is 3. The van der Waals surface area contributed by atoms with Gasteiger partial charge in [-0.15, -0.1) is 0 Å². The Kier molecular flexibility index (Phi) is 7.05. The molecule has 3 aromatic carbocycles. The first-order valence-corrected chi connectivity index (χ1v) is 11.9. The van der Waals surface area contributed by atoms with Crippen molar-refractivity contribution in [2.75, 3.05) is 11.9 Å². The van der Waals surface area contributed by atoms with Crippen LogP contribution in [0.15, 0.2) is 85.2 Å². The number of fused-ring (bicyclic) bond motifs is 7. The van der Waals surface area contributed by atoms with E-state index in [9.17, 15) is 4.79 Å². The van der Waals surface area contributed by atoms with E-state index in [1.165, 1.54) is 11.9 Å². The smallest absolute Gasteiger partial charge is 0.237 e. The van der Waals surface area contributed by atoms with Crippen LogP contribution in [0.1, 0.15) is 23.1 Å². The Hall–Kier alpha value is -4.10. The van der Waals surface area contributed by atoms with E-state index < -0.39 is 0 Å². The molecule has 1 aliphatic rings. The molecule has 0 saturated carbocycles. The van der Waals surface area contributed by atoms with Crippen LogP contribution in [0.3, 0.4) is 0 Å². The van der Waals surface area contributed by atoms with Crippen LogP contribution in [0.2, 0.25) is 0 Å². The standard InChI is InChI=1S/C28H28N6O/c35-27-25(17-21-7-2-1-3-8-21)30-18-22-10-5-13-24(16-22)33-28-32-19-31-26(34-28)23-12-4-9-20(15-23)11-6-14-29-27/h1-5,7-10,12-13,15-16,19,25,30H,6,11,14,17-18H2,(H,29,35)(H,31,32,33,34)/t25-/m0/s1. The van der Waals surface area contributed by atoms with Crippen molar-refractivity contribution >= 4 is 17.5 Å². The van der Waals surface area contributed by atoms with Gasteiger partial charge in [-0.3, -0.25) is 4.79 Å². The monoisotopic (exact) mass is 464 g/mol. The van der Waals surface area contributed by atoms with Gasteiger partial charge in [0.05, 0.1) is 6.04 Å². The average Bonchev–Trinajstić information content (AvgIpc) is 2.89. The number of aromatic nitrogens is 3. The first kappa shape index (κ1) is 22.7. The second-order valence-electron chi connectivity index (χ2n) is 8.68. The molecule has 0 fully saturated rings. The molecule has 0 spiro atoms. The third-order valence-electron chi connectivity index (χ3n) is 6.03. The van der Waals surface area contributed by atoms with Crippen molar-refractivity contribution in [1.29, 1.82) is 0 Å². The van der Waals surface area contributed by atoms with E-state index in [1.807, 2.05) is 54.6 Å². The summed E-state index contributed by atoms with van der Waals surface area (Å²) < 4.78 is 0. The van der Waals surface area contributed by atoms with E-state index in [2.05, 4.69) is 55.2 Å². The lowest BCUT2D eigenvalue weighted by molar-refractivity contribution is -0.123. The molecule has 2 heterocycles. The lowest BCUT2D eigenvalue weighted by Crippen LogP contribution is -2.45. The van der Waals surface area contributed by atoms with Crippen molar-refractivity contribution in [3.8, 4) is 11.4 Å². The number of hydrogen-bond acceptors (Lipinski definition) is 6. The minimum atomic E-state index is -0.331. The summed E-state index contributed by atoms with van der Waals surface area (Å²) in [6.45, 7) is 1.18. The Balaban J connectivity index is 1.43. The van der Waals surface area contributed by atoms with Crippen LogP contribution in [0.4, 0.5) is 11.6 Å². The van der Waals surface area contributed by atoms with Gasteiger partial charge >= 0.3 is 0 Å². The van der Waals surface area contributed by atoms with Crippen LogP contribution in [0.25, 0.3) is 11.4 Å². The molecular formula is C28H28N6O. The number of carbonyl (C=O) groups excluding carboxylic acids is 1. The molecule has 1 amide bonds. The second kappa shape index (κ2) is 10.9. The molecule has 176 valence electrons. The van der Waals surface area contributed by atoms with Gasteiger partial charge in [-0.25, -0.2) is 9.97 Å². The van der Waals surface area contributed by atoms with Crippen LogP contribution in [-0.2, 0) is 24.2 Å². The largest absolute Gasteiger partial charge is 0.355 e. The predicted molar refractivity (Wildman–Crippen MR) is 137 cm³/mol. The van der Waals surface area contributed by atoms with Gasteiger partial charge in [0.2, 0.25) is 11.9 Å². The fourth-order valence-corrected chi connectivity index (χ4v) is 4.23. The number of carbonyl (C=O) groups is 1. The Morgan fingerprint density at radius 3 is 2.66 bits per heavy atom. The molecule has 35 heavy (non-hydrogen) atoms. The van der Waals surface area contributed by atoms with E-state index in [4.69, 9.17) is 0 Å². The minimum Gasteiger partial charge on any atom is -0.355 e. The molecule has 1 atom stereocenters. The maximum absolute atomic E-state index is 13.1. The Morgan fingerprint density at radius 2 is 1.74 bits per heavy atom. The summed E-state index contributed by atoms with van der Waals surface area (Å²) in [6, 6.07) is 26.0. The van der Waals surface area contributed by atoms with Crippen molar-refractivity contribution < 1.29 is 4.79 Å². The molecule has 4 aromatic rings. The molecule has 5 rings (SSSR count). The van der Waals surface area contributed by atoms with Crippen molar-refractivity contribution in [3.05, 3.63) is 102 Å². The third-order valence-corrected chi connectivity index (χ3v) is 6.03. The molecule has 0 radical (unpaired) electrons. The van der Waals surface area contributed by atoms with Crippen LogP contribution < -0.4 is 16.0 Å². The molecule has 0 unspecified atom stereocenters. The number of amides is 1. The third kappa shape index (κ3) is 6.07. The Bertz CT molecular complexity index is 1290. The second-order valence-corrected chi connectivity index (χ2v) is 8.68. The molecule has 6 bridgehead atoms. The fraction of sp³-hybridized carbons (Fsp3) is 0.214. The highest BCUT2D eigenvalue weighted by Crippen LogP contribution is 2.20. The lowest BCUT2D eigenvalue weighted by atomic mass is 10.0. The number of aryl methyl sites for hydroxylation is 1. The van der Waals surface area contributed by atoms with Gasteiger partial charge in [0.25, 0.3) is 0 Å². The zero-order chi connectivity index (χ0) is 23.9. The summed E-state index contributed by atoms with van der Waals surface area (Å²) in [7, 11) is 0. The summed E-state index contributed by atoms with van der Waals surface area (Å²) in [4.78, 5) is 26.4. The van der Waals surface area contributed by atoms with Crippen molar-refractivity contribution in [2.45, 2.75) is 31.8 Å². The van der Waals surface area contributed by atoms with Crippen LogP contribution in [0, 0.1) is 0 Å². The molecule has 0 aliphatic carbocycles. The van der Waals surface area contributed by atoms with Crippen LogP contribution >= 0.6 is 0 Å². The zero-order valence-corrected chi connectivity index (χ0v) is 19.4. The SMILES string of the molecule is O=C1NCCCc2cccc(c2)-c2ncnc(n2)Nc2cccc(c2)CN[C@H]1Cc1ccccc1. The fourth-order valence-electron chi connectivity index (χ4n) is 4.23. The Labute approximate surface area is 205 Å². The number of rotatable bonds is 2. The maximum atomic E-state index is 13.1. The number of hydrogen-bond donors (Lipinski definition) is 3. The van der Waals surface area contributed by atoms with Crippen LogP contribution in [0.5, 0.6) is 0 Å². The van der Waals surface area contributed by atoms with Gasteiger partial charge < -0.3 is 16.0 Å². The molecule has 0 saturated heterocycles. The summed E-state index contributed by atoms with van der Waals surface area (Å²) in [5.41, 5.74) is 5.18. The van der Waals surface area contributed by atoms with Gasteiger partial charge in [-0.05, 0) is 54.2 Å². The molecule has 3 N–H and O–H groups in total. The first-order chi connectivity index (χ1) is 17.2. The normalized spacial score (nSPS) is 16.3. The van der Waals surface area contributed by atoms with Gasteiger partial charge in [0.1, 0.15) is 6.33 Å². The average molecular weight is 465 g/mol. The minimum absolute atomic E-state index is 0.0191.